The van der Waals surface area contributed by atoms with E-state index in [9.17, 15) is 0 Å². The van der Waals surface area contributed by atoms with Crippen molar-refractivity contribution in [2.75, 3.05) is 0 Å². The van der Waals surface area contributed by atoms with Crippen LogP contribution in [0.2, 0.25) is 0 Å². The summed E-state index contributed by atoms with van der Waals surface area (Å²) < 4.78 is 0. The van der Waals surface area contributed by atoms with Gasteiger partial charge in [-0.25, -0.2) is 0 Å². The van der Waals surface area contributed by atoms with Crippen LogP contribution in [-0.4, -0.2) is 0 Å². The molecule has 1 heterocycles. The third-order valence-electron chi connectivity index (χ3n) is 0.694. The van der Waals surface area contributed by atoms with Gasteiger partial charge in [-0.2, -0.15) is 12.1 Å². The molecule has 2 heteroatoms. The molecule has 0 spiro atoms. The Morgan fingerprint density at radius 3 is 2.75 bits per heavy atom. The number of hydrogen-bond donors (Lipinski definition) is 0. The standard InChI is InChI=1S/C6H5S.Li/c1-2-6-4-3-5-7-6;/h2-4H,1H2;/q-1;+1. The summed E-state index contributed by atoms with van der Waals surface area (Å²) in [4.78, 5) is 1.18. The van der Waals surface area contributed by atoms with Crippen LogP contribution >= 0.6 is 11.3 Å². The topological polar surface area (TPSA) is 0 Å². The molecular formula is C6H5LiS. The van der Waals surface area contributed by atoms with Gasteiger partial charge < -0.3 is 0 Å². The van der Waals surface area contributed by atoms with Crippen LogP contribution in [0, 0.1) is 5.38 Å². The molecule has 0 aliphatic carbocycles. The molecule has 0 fully saturated rings. The van der Waals surface area contributed by atoms with E-state index in [1.54, 1.807) is 11.3 Å². The van der Waals surface area contributed by atoms with Crippen LogP contribution in [0.3, 0.4) is 0 Å². The predicted octanol–water partition coefficient (Wildman–Crippen LogP) is -0.805. The molecule has 1 aromatic rings. The van der Waals surface area contributed by atoms with Crippen LogP contribution in [0.15, 0.2) is 18.7 Å². The van der Waals surface area contributed by atoms with Crippen molar-refractivity contribution in [3.63, 3.8) is 0 Å². The van der Waals surface area contributed by atoms with Gasteiger partial charge in [0.25, 0.3) is 0 Å². The normalized spacial score (nSPS) is 7.50. The third-order valence-corrected chi connectivity index (χ3v) is 1.49. The molecule has 1 rings (SSSR count). The minimum Gasteiger partial charge on any atom is -0.296 e. The molecule has 0 atom stereocenters. The van der Waals surface area contributed by atoms with E-state index in [2.05, 4.69) is 12.0 Å². The Bertz CT molecular complexity index is 144. The van der Waals surface area contributed by atoms with Crippen molar-refractivity contribution in [2.24, 2.45) is 0 Å². The van der Waals surface area contributed by atoms with Gasteiger partial charge in [0.05, 0.1) is 0 Å². The van der Waals surface area contributed by atoms with Gasteiger partial charge in [-0.15, -0.1) is 22.9 Å². The average molecular weight is 116 g/mol. The van der Waals surface area contributed by atoms with E-state index in [-0.39, 0.29) is 18.9 Å². The van der Waals surface area contributed by atoms with Crippen LogP contribution in [0.25, 0.3) is 6.08 Å². The largest absolute Gasteiger partial charge is 1.00 e. The maximum absolute atomic E-state index is 3.59. The summed E-state index contributed by atoms with van der Waals surface area (Å²) in [6.07, 6.45) is 1.82. The Hall–Kier alpha value is 0.0374. The number of hydrogen-bond acceptors (Lipinski definition) is 1. The fraction of sp³-hybridized carbons (Fsp3) is 0. The van der Waals surface area contributed by atoms with Crippen LogP contribution < -0.4 is 18.9 Å². The molecule has 0 amide bonds. The second kappa shape index (κ2) is 3.97. The fourth-order valence-corrected chi connectivity index (χ4v) is 0.854. The maximum atomic E-state index is 3.59. The quantitative estimate of drug-likeness (QED) is 0.333. The summed E-state index contributed by atoms with van der Waals surface area (Å²) in [5.41, 5.74) is 0. The van der Waals surface area contributed by atoms with Crippen molar-refractivity contribution in [3.05, 3.63) is 29.0 Å². The molecule has 0 aliphatic rings. The predicted molar refractivity (Wildman–Crippen MR) is 33.2 cm³/mol. The molecule has 0 unspecified atom stereocenters. The van der Waals surface area contributed by atoms with Crippen LogP contribution in [0.5, 0.6) is 0 Å². The number of thiophene rings is 1. The minimum atomic E-state index is 0. The molecule has 36 valence electrons. The zero-order valence-electron chi connectivity index (χ0n) is 4.85. The number of rotatable bonds is 1. The summed E-state index contributed by atoms with van der Waals surface area (Å²) in [5.74, 6) is 0. The van der Waals surface area contributed by atoms with E-state index < -0.39 is 0 Å². The first kappa shape index (κ1) is 8.04. The van der Waals surface area contributed by atoms with Crippen LogP contribution in [-0.2, 0) is 0 Å². The summed E-state index contributed by atoms with van der Waals surface area (Å²) in [6.45, 7) is 3.59. The van der Waals surface area contributed by atoms with Gasteiger partial charge in [0.2, 0.25) is 0 Å². The van der Waals surface area contributed by atoms with Crippen molar-refractivity contribution in [3.8, 4) is 0 Å². The molecule has 0 radical (unpaired) electrons. The molecular weight excluding hydrogens is 111 g/mol. The summed E-state index contributed by atoms with van der Waals surface area (Å²) in [6, 6.07) is 3.87. The Kier molecular flexibility index (Phi) is 3.99. The zero-order chi connectivity index (χ0) is 5.11. The first-order valence-corrected chi connectivity index (χ1v) is 2.83. The van der Waals surface area contributed by atoms with Crippen LogP contribution in [0.1, 0.15) is 4.88 Å². The van der Waals surface area contributed by atoms with Crippen molar-refractivity contribution in [1.82, 2.24) is 0 Å². The fourth-order valence-electron chi connectivity index (χ4n) is 0.362. The molecule has 0 aromatic carbocycles. The Balaban J connectivity index is 0.000000490. The van der Waals surface area contributed by atoms with E-state index >= 15 is 0 Å². The van der Waals surface area contributed by atoms with E-state index in [1.165, 1.54) is 4.88 Å². The summed E-state index contributed by atoms with van der Waals surface area (Å²) in [5, 5.41) is 2.95. The van der Waals surface area contributed by atoms with E-state index in [4.69, 9.17) is 0 Å². The van der Waals surface area contributed by atoms with Gasteiger partial charge >= 0.3 is 18.9 Å². The SMILES string of the molecule is C=Cc1cc[c-]s1.[Li+]. The Morgan fingerprint density at radius 2 is 2.50 bits per heavy atom. The van der Waals surface area contributed by atoms with Gasteiger partial charge in [-0.1, -0.05) is 0 Å². The van der Waals surface area contributed by atoms with E-state index in [1.807, 2.05) is 18.2 Å². The summed E-state index contributed by atoms with van der Waals surface area (Å²) in [7, 11) is 0. The molecule has 1 aromatic heterocycles. The maximum Gasteiger partial charge on any atom is 1.00 e. The van der Waals surface area contributed by atoms with Crippen molar-refractivity contribution >= 4 is 17.4 Å². The zero-order valence-corrected chi connectivity index (χ0v) is 5.66. The summed E-state index contributed by atoms with van der Waals surface area (Å²) >= 11 is 1.58. The molecule has 0 saturated carbocycles. The minimum absolute atomic E-state index is 0. The Labute approximate surface area is 65.4 Å². The van der Waals surface area contributed by atoms with Crippen molar-refractivity contribution in [1.29, 1.82) is 0 Å². The van der Waals surface area contributed by atoms with Crippen LogP contribution in [0.4, 0.5) is 0 Å². The van der Waals surface area contributed by atoms with E-state index in [0.717, 1.165) is 0 Å². The molecule has 0 bridgehead atoms. The van der Waals surface area contributed by atoms with E-state index in [0.29, 0.717) is 0 Å². The molecule has 0 nitrogen and oxygen atoms in total. The first-order chi connectivity index (χ1) is 3.43. The second-order valence-electron chi connectivity index (χ2n) is 1.16. The monoisotopic (exact) mass is 116 g/mol. The van der Waals surface area contributed by atoms with Crippen molar-refractivity contribution in [2.45, 2.75) is 0 Å². The van der Waals surface area contributed by atoms with Gasteiger partial charge in [0.1, 0.15) is 0 Å². The smallest absolute Gasteiger partial charge is 0.296 e. The van der Waals surface area contributed by atoms with Gasteiger partial charge in [-0.05, 0) is 0 Å². The molecule has 0 saturated heterocycles. The van der Waals surface area contributed by atoms with Crippen molar-refractivity contribution < 1.29 is 18.9 Å². The molecule has 8 heavy (non-hydrogen) atoms. The first-order valence-electron chi connectivity index (χ1n) is 2.02. The molecule has 0 aliphatic heterocycles. The average Bonchev–Trinajstić information content (AvgIpc) is 2.14. The van der Waals surface area contributed by atoms with Gasteiger partial charge in [-0.3, -0.25) is 11.3 Å². The third kappa shape index (κ3) is 1.88. The van der Waals surface area contributed by atoms with Gasteiger partial charge in [0.15, 0.2) is 0 Å². The molecule has 0 N–H and O–H groups in total. The van der Waals surface area contributed by atoms with Gasteiger partial charge in [0, 0.05) is 0 Å². The second-order valence-corrected chi connectivity index (χ2v) is 2.07. The Morgan fingerprint density at radius 1 is 1.75 bits per heavy atom.